The summed E-state index contributed by atoms with van der Waals surface area (Å²) in [7, 11) is 0. The van der Waals surface area contributed by atoms with Crippen molar-refractivity contribution in [3.05, 3.63) is 0 Å². The van der Waals surface area contributed by atoms with Crippen molar-refractivity contribution in [3.63, 3.8) is 0 Å². The molecule has 2 unspecified atom stereocenters. The molecular formula is C18H30N4O3. The Morgan fingerprint density at radius 2 is 1.60 bits per heavy atom. The lowest BCUT2D eigenvalue weighted by atomic mass is 9.53. The Labute approximate surface area is 148 Å². The summed E-state index contributed by atoms with van der Waals surface area (Å²) in [6.07, 6.45) is 7.61. The fourth-order valence-electron chi connectivity index (χ4n) is 5.49. The van der Waals surface area contributed by atoms with Crippen molar-refractivity contribution in [1.29, 1.82) is 0 Å². The first kappa shape index (κ1) is 18.2. The quantitative estimate of drug-likeness (QED) is 0.522. The topological polar surface area (TPSA) is 127 Å². The molecule has 0 radical (unpaired) electrons. The Morgan fingerprint density at radius 3 is 2.04 bits per heavy atom. The Morgan fingerprint density at radius 1 is 1.08 bits per heavy atom. The van der Waals surface area contributed by atoms with Crippen molar-refractivity contribution < 1.29 is 14.4 Å². The van der Waals surface area contributed by atoms with E-state index in [1.165, 1.54) is 26.2 Å². The monoisotopic (exact) mass is 350 g/mol. The van der Waals surface area contributed by atoms with E-state index in [4.69, 9.17) is 11.5 Å². The van der Waals surface area contributed by atoms with Gasteiger partial charge in [-0.3, -0.25) is 14.4 Å². The van der Waals surface area contributed by atoms with Crippen molar-refractivity contribution in [3.8, 4) is 0 Å². The normalized spacial score (nSPS) is 35.0. The van der Waals surface area contributed by atoms with Crippen LogP contribution in [0.15, 0.2) is 0 Å². The van der Waals surface area contributed by atoms with Crippen LogP contribution in [0.25, 0.3) is 0 Å². The van der Waals surface area contributed by atoms with Gasteiger partial charge in [0.15, 0.2) is 0 Å². The average molecular weight is 350 g/mol. The van der Waals surface area contributed by atoms with Gasteiger partial charge in [0.1, 0.15) is 6.04 Å². The fraction of sp³-hybridized carbons (Fsp3) is 0.833. The summed E-state index contributed by atoms with van der Waals surface area (Å²) in [6.45, 7) is 1.53. The number of hydrogen-bond donors (Lipinski definition) is 4. The molecule has 4 aliphatic rings. The molecule has 4 fully saturated rings. The summed E-state index contributed by atoms with van der Waals surface area (Å²) in [5.41, 5.74) is 10.8. The molecule has 25 heavy (non-hydrogen) atoms. The second-order valence-corrected chi connectivity index (χ2v) is 8.54. The molecule has 0 saturated heterocycles. The molecule has 4 bridgehead atoms. The molecular weight excluding hydrogens is 320 g/mol. The van der Waals surface area contributed by atoms with E-state index in [1.807, 2.05) is 0 Å². The molecule has 7 heteroatoms. The molecule has 0 aliphatic heterocycles. The Kier molecular flexibility index (Phi) is 5.04. The molecule has 140 valence electrons. The molecule has 0 heterocycles. The highest BCUT2D eigenvalue weighted by molar-refractivity contribution is 5.89. The van der Waals surface area contributed by atoms with Crippen molar-refractivity contribution in [2.75, 3.05) is 0 Å². The third kappa shape index (κ3) is 4.14. The Balaban J connectivity index is 1.52. The van der Waals surface area contributed by atoms with E-state index < -0.39 is 23.9 Å². The number of amides is 3. The van der Waals surface area contributed by atoms with E-state index in [9.17, 15) is 14.4 Å². The van der Waals surface area contributed by atoms with Crippen LogP contribution in [0, 0.1) is 17.8 Å². The van der Waals surface area contributed by atoms with Gasteiger partial charge in [0.2, 0.25) is 17.7 Å². The maximum absolute atomic E-state index is 12.5. The van der Waals surface area contributed by atoms with Gasteiger partial charge < -0.3 is 22.1 Å². The molecule has 0 aromatic rings. The van der Waals surface area contributed by atoms with Crippen LogP contribution in [0.2, 0.25) is 0 Å². The van der Waals surface area contributed by atoms with Crippen molar-refractivity contribution >= 4 is 17.7 Å². The molecule has 0 aromatic carbocycles. The maximum atomic E-state index is 12.5. The highest BCUT2D eigenvalue weighted by Crippen LogP contribution is 2.55. The number of primary amides is 1. The molecule has 0 spiro atoms. The van der Waals surface area contributed by atoms with E-state index in [0.29, 0.717) is 0 Å². The van der Waals surface area contributed by atoms with Crippen LogP contribution >= 0.6 is 0 Å². The summed E-state index contributed by atoms with van der Waals surface area (Å²) in [4.78, 5) is 35.6. The minimum atomic E-state index is -0.861. The summed E-state index contributed by atoms with van der Waals surface area (Å²) in [6, 6.07) is -1.58. The van der Waals surface area contributed by atoms with Gasteiger partial charge in [-0.25, -0.2) is 0 Å². The van der Waals surface area contributed by atoms with E-state index in [0.717, 1.165) is 37.0 Å². The average Bonchev–Trinajstić information content (AvgIpc) is 2.48. The Hall–Kier alpha value is -1.63. The zero-order valence-electron chi connectivity index (χ0n) is 14.9. The first-order chi connectivity index (χ1) is 11.8. The second kappa shape index (κ2) is 6.94. The number of hydrogen-bond acceptors (Lipinski definition) is 4. The van der Waals surface area contributed by atoms with Gasteiger partial charge in [-0.15, -0.1) is 0 Å². The van der Waals surface area contributed by atoms with Crippen molar-refractivity contribution in [2.45, 2.75) is 75.9 Å². The summed E-state index contributed by atoms with van der Waals surface area (Å²) in [5, 5.41) is 5.78. The number of carbonyl (C=O) groups is 3. The van der Waals surface area contributed by atoms with E-state index >= 15 is 0 Å². The maximum Gasteiger partial charge on any atom is 0.240 e. The highest BCUT2D eigenvalue weighted by atomic mass is 16.2. The van der Waals surface area contributed by atoms with Gasteiger partial charge in [-0.2, -0.15) is 0 Å². The SMILES string of the molecule is CC(N)C(=O)NC(CCC(=O)NC12CC3CC(CC(C3)C1)C2)C(N)=O. The number of nitrogens with one attached hydrogen (secondary N) is 2. The number of carbonyl (C=O) groups excluding carboxylic acids is 3. The standard InChI is InChI=1S/C18H30N4O3/c1-10(19)17(25)21-14(16(20)24)2-3-15(23)22-18-7-11-4-12(8-18)6-13(5-11)9-18/h10-14H,2-9,19H2,1H3,(H2,20,24)(H,21,25)(H,22,23). The summed E-state index contributed by atoms with van der Waals surface area (Å²) in [5.74, 6) is 1.14. The molecule has 4 rings (SSSR count). The lowest BCUT2D eigenvalue weighted by Gasteiger charge is -2.57. The predicted octanol–water partition coefficient (Wildman–Crippen LogP) is 0.169. The first-order valence-corrected chi connectivity index (χ1v) is 9.42. The molecule has 6 N–H and O–H groups in total. The first-order valence-electron chi connectivity index (χ1n) is 9.42. The van der Waals surface area contributed by atoms with E-state index in [1.54, 1.807) is 0 Å². The van der Waals surface area contributed by atoms with Gasteiger partial charge in [-0.1, -0.05) is 0 Å². The lowest BCUT2D eigenvalue weighted by Crippen LogP contribution is -2.60. The summed E-state index contributed by atoms with van der Waals surface area (Å²) < 4.78 is 0. The molecule has 0 aromatic heterocycles. The van der Waals surface area contributed by atoms with Crippen LogP contribution < -0.4 is 22.1 Å². The summed E-state index contributed by atoms with van der Waals surface area (Å²) >= 11 is 0. The third-order valence-electron chi connectivity index (χ3n) is 6.18. The van der Waals surface area contributed by atoms with Gasteiger partial charge >= 0.3 is 0 Å². The van der Waals surface area contributed by atoms with Crippen LogP contribution in [0.5, 0.6) is 0 Å². The van der Waals surface area contributed by atoms with Crippen LogP contribution in [-0.4, -0.2) is 35.3 Å². The zero-order valence-corrected chi connectivity index (χ0v) is 14.9. The number of nitrogens with two attached hydrogens (primary N) is 2. The van der Waals surface area contributed by atoms with Gasteiger partial charge in [0, 0.05) is 12.0 Å². The number of rotatable bonds is 7. The second-order valence-electron chi connectivity index (χ2n) is 8.54. The van der Waals surface area contributed by atoms with E-state index in [2.05, 4.69) is 10.6 Å². The molecule has 4 saturated carbocycles. The zero-order chi connectivity index (χ0) is 18.2. The largest absolute Gasteiger partial charge is 0.368 e. The minimum absolute atomic E-state index is 0.0386. The van der Waals surface area contributed by atoms with Crippen molar-refractivity contribution in [1.82, 2.24) is 10.6 Å². The minimum Gasteiger partial charge on any atom is -0.368 e. The third-order valence-corrected chi connectivity index (χ3v) is 6.18. The highest BCUT2D eigenvalue weighted by Gasteiger charge is 2.51. The van der Waals surface area contributed by atoms with Crippen LogP contribution in [-0.2, 0) is 14.4 Å². The predicted molar refractivity (Wildman–Crippen MR) is 93.1 cm³/mol. The molecule has 4 aliphatic carbocycles. The van der Waals surface area contributed by atoms with Crippen LogP contribution in [0.4, 0.5) is 0 Å². The van der Waals surface area contributed by atoms with Crippen LogP contribution in [0.1, 0.15) is 58.3 Å². The van der Waals surface area contributed by atoms with Crippen molar-refractivity contribution in [2.24, 2.45) is 29.2 Å². The van der Waals surface area contributed by atoms with E-state index in [-0.39, 0.29) is 24.3 Å². The smallest absolute Gasteiger partial charge is 0.240 e. The van der Waals surface area contributed by atoms with Gasteiger partial charge in [-0.05, 0) is 69.6 Å². The van der Waals surface area contributed by atoms with Crippen LogP contribution in [0.3, 0.4) is 0 Å². The van der Waals surface area contributed by atoms with Gasteiger partial charge in [0.25, 0.3) is 0 Å². The Bertz CT molecular complexity index is 525. The molecule has 3 amide bonds. The van der Waals surface area contributed by atoms with Gasteiger partial charge in [0.05, 0.1) is 6.04 Å². The molecule has 2 atom stereocenters. The fourth-order valence-corrected chi connectivity index (χ4v) is 5.49. The molecule has 7 nitrogen and oxygen atoms in total. The lowest BCUT2D eigenvalue weighted by molar-refractivity contribution is -0.130.